The molecule has 2 heterocycles. The first-order valence-electron chi connectivity index (χ1n) is 8.18. The summed E-state index contributed by atoms with van der Waals surface area (Å²) in [5.74, 6) is 0.842. The molecule has 0 saturated carbocycles. The lowest BCUT2D eigenvalue weighted by Gasteiger charge is -2.35. The Morgan fingerprint density at radius 3 is 2.64 bits per heavy atom. The van der Waals surface area contributed by atoms with E-state index in [1.807, 2.05) is 31.2 Å². The van der Waals surface area contributed by atoms with Crippen molar-refractivity contribution >= 4 is 11.1 Å². The highest BCUT2D eigenvalue weighted by atomic mass is 16.3. The maximum Gasteiger partial charge on any atom is 0.195 e. The van der Waals surface area contributed by atoms with Gasteiger partial charge in [-0.15, -0.1) is 0 Å². The van der Waals surface area contributed by atoms with Crippen LogP contribution in [0.5, 0.6) is 0 Å². The first-order chi connectivity index (χ1) is 10.7. The number of aromatic nitrogens is 1. The maximum atomic E-state index is 9.43. The van der Waals surface area contributed by atoms with E-state index in [1.165, 1.54) is 0 Å². The van der Waals surface area contributed by atoms with Gasteiger partial charge in [0.2, 0.25) is 0 Å². The standard InChI is InChI=1S/C17H25N3O2/c1-14(21)13-20-11-9-19(10-12-20)8-4-7-17-18-15-5-2-3-6-16(15)22-17/h2-3,5-6,14,21H,4,7-13H2,1H3. The van der Waals surface area contributed by atoms with Crippen LogP contribution in [0.2, 0.25) is 0 Å². The fourth-order valence-electron chi connectivity index (χ4n) is 3.05. The first kappa shape index (κ1) is 15.5. The molecule has 1 aromatic heterocycles. The number of rotatable bonds is 6. The molecule has 0 radical (unpaired) electrons. The quantitative estimate of drug-likeness (QED) is 0.881. The Morgan fingerprint density at radius 2 is 1.91 bits per heavy atom. The molecule has 0 spiro atoms. The van der Waals surface area contributed by atoms with Gasteiger partial charge in [0.05, 0.1) is 6.10 Å². The van der Waals surface area contributed by atoms with E-state index in [-0.39, 0.29) is 6.10 Å². The number of aliphatic hydroxyl groups excluding tert-OH is 1. The number of β-amino-alcohol motifs (C(OH)–C–C–N with tert-alkyl or cyclic N) is 1. The largest absolute Gasteiger partial charge is 0.441 e. The van der Waals surface area contributed by atoms with Gasteiger partial charge in [0.1, 0.15) is 5.52 Å². The van der Waals surface area contributed by atoms with Gasteiger partial charge in [0.15, 0.2) is 11.5 Å². The molecule has 0 aliphatic carbocycles. The molecular weight excluding hydrogens is 278 g/mol. The van der Waals surface area contributed by atoms with Crippen LogP contribution >= 0.6 is 0 Å². The van der Waals surface area contributed by atoms with Crippen LogP contribution in [0, 0.1) is 0 Å². The molecule has 1 unspecified atom stereocenters. The van der Waals surface area contributed by atoms with E-state index in [1.54, 1.807) is 0 Å². The number of nitrogens with zero attached hydrogens (tertiary/aromatic N) is 3. The Kier molecular flexibility index (Phi) is 5.08. The summed E-state index contributed by atoms with van der Waals surface area (Å²) in [5.41, 5.74) is 1.83. The monoisotopic (exact) mass is 303 g/mol. The van der Waals surface area contributed by atoms with E-state index < -0.39 is 0 Å². The maximum absolute atomic E-state index is 9.43. The first-order valence-corrected chi connectivity index (χ1v) is 8.18. The van der Waals surface area contributed by atoms with E-state index in [4.69, 9.17) is 4.42 Å². The van der Waals surface area contributed by atoms with Crippen LogP contribution in [-0.4, -0.2) is 65.3 Å². The lowest BCUT2D eigenvalue weighted by molar-refractivity contribution is 0.0803. The zero-order chi connectivity index (χ0) is 15.4. The van der Waals surface area contributed by atoms with Gasteiger partial charge in [-0.2, -0.15) is 0 Å². The van der Waals surface area contributed by atoms with Crippen LogP contribution in [0.15, 0.2) is 28.7 Å². The Bertz CT molecular complexity index is 555. The Hall–Kier alpha value is -1.43. The third kappa shape index (κ3) is 4.06. The fraction of sp³-hybridized carbons (Fsp3) is 0.588. The summed E-state index contributed by atoms with van der Waals surface area (Å²) in [4.78, 5) is 9.34. The molecule has 1 aliphatic rings. The van der Waals surface area contributed by atoms with Gasteiger partial charge < -0.3 is 14.4 Å². The van der Waals surface area contributed by atoms with E-state index >= 15 is 0 Å². The van der Waals surface area contributed by atoms with E-state index in [0.29, 0.717) is 0 Å². The lowest BCUT2D eigenvalue weighted by atomic mass is 10.2. The number of benzene rings is 1. The third-order valence-corrected chi connectivity index (χ3v) is 4.19. The van der Waals surface area contributed by atoms with Gasteiger partial charge in [0.25, 0.3) is 0 Å². The van der Waals surface area contributed by atoms with E-state index in [9.17, 15) is 5.11 Å². The van der Waals surface area contributed by atoms with Crippen molar-refractivity contribution in [2.24, 2.45) is 0 Å². The van der Waals surface area contributed by atoms with Crippen LogP contribution in [0.3, 0.4) is 0 Å². The van der Waals surface area contributed by atoms with Crippen molar-refractivity contribution in [3.05, 3.63) is 30.2 Å². The molecule has 1 N–H and O–H groups in total. The molecule has 22 heavy (non-hydrogen) atoms. The molecule has 0 bridgehead atoms. The number of para-hydroxylation sites is 2. The van der Waals surface area contributed by atoms with Crippen molar-refractivity contribution in [1.82, 2.24) is 14.8 Å². The highest BCUT2D eigenvalue weighted by Gasteiger charge is 2.17. The number of aliphatic hydroxyl groups is 1. The summed E-state index contributed by atoms with van der Waals surface area (Å²) in [6.07, 6.45) is 1.73. The minimum Gasteiger partial charge on any atom is -0.441 e. The zero-order valence-electron chi connectivity index (χ0n) is 13.2. The normalized spacial score (nSPS) is 18.8. The average molecular weight is 303 g/mol. The summed E-state index contributed by atoms with van der Waals surface area (Å²) in [5, 5.41) is 9.43. The van der Waals surface area contributed by atoms with E-state index in [0.717, 1.165) is 69.1 Å². The second kappa shape index (κ2) is 7.22. The number of fused-ring (bicyclic) bond motifs is 1. The fourth-order valence-corrected chi connectivity index (χ4v) is 3.05. The van der Waals surface area contributed by atoms with E-state index in [2.05, 4.69) is 14.8 Å². The number of oxazole rings is 1. The van der Waals surface area contributed by atoms with Crippen LogP contribution < -0.4 is 0 Å². The van der Waals surface area contributed by atoms with Gasteiger partial charge in [-0.1, -0.05) is 12.1 Å². The second-order valence-corrected chi connectivity index (χ2v) is 6.17. The number of hydrogen-bond donors (Lipinski definition) is 1. The molecule has 1 fully saturated rings. The topological polar surface area (TPSA) is 52.7 Å². The van der Waals surface area contributed by atoms with Crippen molar-refractivity contribution in [3.8, 4) is 0 Å². The smallest absolute Gasteiger partial charge is 0.195 e. The molecule has 1 aromatic carbocycles. The summed E-state index contributed by atoms with van der Waals surface area (Å²) < 4.78 is 5.75. The number of aryl methyl sites for hydroxylation is 1. The SMILES string of the molecule is CC(O)CN1CCN(CCCc2nc3ccccc3o2)CC1. The molecule has 1 saturated heterocycles. The zero-order valence-corrected chi connectivity index (χ0v) is 13.2. The van der Waals surface area contributed by atoms with Crippen LogP contribution in [-0.2, 0) is 6.42 Å². The Labute approximate surface area is 131 Å². The van der Waals surface area contributed by atoms with Crippen LogP contribution in [0.25, 0.3) is 11.1 Å². The van der Waals surface area contributed by atoms with Crippen molar-refractivity contribution < 1.29 is 9.52 Å². The lowest BCUT2D eigenvalue weighted by Crippen LogP contribution is -2.48. The molecule has 1 atom stereocenters. The van der Waals surface area contributed by atoms with Crippen LogP contribution in [0.4, 0.5) is 0 Å². The van der Waals surface area contributed by atoms with Gasteiger partial charge in [-0.25, -0.2) is 4.98 Å². The molecular formula is C17H25N3O2. The predicted molar refractivity (Wildman–Crippen MR) is 86.9 cm³/mol. The predicted octanol–water partition coefficient (Wildman–Crippen LogP) is 1.76. The summed E-state index contributed by atoms with van der Waals surface area (Å²) in [6.45, 7) is 7.99. The minimum atomic E-state index is -0.231. The van der Waals surface area contributed by atoms with Crippen molar-refractivity contribution in [3.63, 3.8) is 0 Å². The highest BCUT2D eigenvalue weighted by Crippen LogP contribution is 2.16. The molecule has 120 valence electrons. The summed E-state index contributed by atoms with van der Waals surface area (Å²) in [6, 6.07) is 7.92. The van der Waals surface area contributed by atoms with Crippen molar-refractivity contribution in [1.29, 1.82) is 0 Å². The average Bonchev–Trinajstić information content (AvgIpc) is 2.91. The number of piperazine rings is 1. The number of hydrogen-bond acceptors (Lipinski definition) is 5. The minimum absolute atomic E-state index is 0.231. The molecule has 3 rings (SSSR count). The van der Waals surface area contributed by atoms with Crippen molar-refractivity contribution in [2.75, 3.05) is 39.3 Å². The highest BCUT2D eigenvalue weighted by molar-refractivity contribution is 5.72. The molecule has 1 aliphatic heterocycles. The van der Waals surface area contributed by atoms with Gasteiger partial charge >= 0.3 is 0 Å². The summed E-state index contributed by atoms with van der Waals surface area (Å²) in [7, 11) is 0. The van der Waals surface area contributed by atoms with Crippen LogP contribution in [0.1, 0.15) is 19.2 Å². The third-order valence-electron chi connectivity index (χ3n) is 4.19. The van der Waals surface area contributed by atoms with Gasteiger partial charge in [-0.05, 0) is 32.0 Å². The molecule has 5 heteroatoms. The molecule has 5 nitrogen and oxygen atoms in total. The Balaban J connectivity index is 1.40. The molecule has 2 aromatic rings. The van der Waals surface area contributed by atoms with Gasteiger partial charge in [0, 0.05) is 39.1 Å². The van der Waals surface area contributed by atoms with Gasteiger partial charge in [-0.3, -0.25) is 4.90 Å². The second-order valence-electron chi connectivity index (χ2n) is 6.17. The Morgan fingerprint density at radius 1 is 1.18 bits per heavy atom. The summed E-state index contributed by atoms with van der Waals surface area (Å²) >= 11 is 0. The molecule has 0 amide bonds. The van der Waals surface area contributed by atoms with Crippen molar-refractivity contribution in [2.45, 2.75) is 25.9 Å².